The lowest BCUT2D eigenvalue weighted by Gasteiger charge is -2.39. The van der Waals surface area contributed by atoms with Gasteiger partial charge >= 0.3 is 0 Å². The van der Waals surface area contributed by atoms with Crippen LogP contribution in [0.4, 0.5) is 0 Å². The van der Waals surface area contributed by atoms with Crippen LogP contribution in [0.1, 0.15) is 78.6 Å². The molecule has 20 heavy (non-hydrogen) atoms. The highest BCUT2D eigenvalue weighted by molar-refractivity contribution is 4.94. The van der Waals surface area contributed by atoms with Gasteiger partial charge in [0.1, 0.15) is 0 Å². The average molecular weight is 281 g/mol. The standard InChI is InChI=1S/C18H36N2/c1-4-19-17-9-7-5-6-8-10-18(17)20(16-11-12-16)14-13-15(2)3/h15-19H,4-14H2,1-3H3. The first-order valence-corrected chi connectivity index (χ1v) is 9.21. The van der Waals surface area contributed by atoms with Crippen molar-refractivity contribution in [3.05, 3.63) is 0 Å². The second-order valence-corrected chi connectivity index (χ2v) is 7.37. The smallest absolute Gasteiger partial charge is 0.0252 e. The van der Waals surface area contributed by atoms with Gasteiger partial charge in [0.25, 0.3) is 0 Å². The zero-order valence-electron chi connectivity index (χ0n) is 14.0. The second-order valence-electron chi connectivity index (χ2n) is 7.37. The van der Waals surface area contributed by atoms with Crippen molar-refractivity contribution in [3.8, 4) is 0 Å². The molecule has 2 nitrogen and oxygen atoms in total. The van der Waals surface area contributed by atoms with Crippen molar-refractivity contribution in [2.24, 2.45) is 5.92 Å². The van der Waals surface area contributed by atoms with Gasteiger partial charge in [-0.1, -0.05) is 46.5 Å². The van der Waals surface area contributed by atoms with Crippen molar-refractivity contribution in [2.75, 3.05) is 13.1 Å². The Bertz CT molecular complexity index is 260. The summed E-state index contributed by atoms with van der Waals surface area (Å²) in [5, 5.41) is 3.81. The molecule has 0 amide bonds. The minimum Gasteiger partial charge on any atom is -0.313 e. The summed E-state index contributed by atoms with van der Waals surface area (Å²) in [6.07, 6.45) is 12.9. The molecule has 0 saturated heterocycles. The molecule has 0 aromatic carbocycles. The molecule has 0 radical (unpaired) electrons. The predicted molar refractivity (Wildman–Crippen MR) is 88.1 cm³/mol. The first kappa shape index (κ1) is 16.3. The number of likely N-dealkylation sites (N-methyl/N-ethyl adjacent to an activating group) is 1. The van der Waals surface area contributed by atoms with Gasteiger partial charge in [0, 0.05) is 18.1 Å². The van der Waals surface area contributed by atoms with E-state index in [-0.39, 0.29) is 0 Å². The molecule has 2 heteroatoms. The predicted octanol–water partition coefficient (Wildman–Crippen LogP) is 4.20. The summed E-state index contributed by atoms with van der Waals surface area (Å²) in [7, 11) is 0. The van der Waals surface area contributed by atoms with Gasteiger partial charge in [0.05, 0.1) is 0 Å². The first-order chi connectivity index (χ1) is 9.72. The molecule has 0 heterocycles. The molecule has 0 aromatic heterocycles. The van der Waals surface area contributed by atoms with E-state index in [1.807, 2.05) is 0 Å². The van der Waals surface area contributed by atoms with Gasteiger partial charge in [-0.3, -0.25) is 4.90 Å². The third-order valence-corrected chi connectivity index (χ3v) is 5.10. The Morgan fingerprint density at radius 1 is 1.00 bits per heavy atom. The maximum absolute atomic E-state index is 3.81. The van der Waals surface area contributed by atoms with Crippen molar-refractivity contribution < 1.29 is 0 Å². The summed E-state index contributed by atoms with van der Waals surface area (Å²) in [4.78, 5) is 2.90. The minimum atomic E-state index is 0.744. The number of hydrogen-bond acceptors (Lipinski definition) is 2. The van der Waals surface area contributed by atoms with Crippen LogP contribution >= 0.6 is 0 Å². The zero-order valence-corrected chi connectivity index (χ0v) is 14.0. The summed E-state index contributed by atoms with van der Waals surface area (Å²) in [6, 6.07) is 2.47. The van der Waals surface area contributed by atoms with Gasteiger partial charge in [-0.25, -0.2) is 0 Å². The van der Waals surface area contributed by atoms with Crippen molar-refractivity contribution in [1.82, 2.24) is 10.2 Å². The van der Waals surface area contributed by atoms with Gasteiger partial charge in [-0.05, 0) is 51.1 Å². The van der Waals surface area contributed by atoms with Crippen LogP contribution in [0, 0.1) is 5.92 Å². The van der Waals surface area contributed by atoms with Crippen LogP contribution in [-0.4, -0.2) is 36.1 Å². The van der Waals surface area contributed by atoms with E-state index in [2.05, 4.69) is 31.0 Å². The summed E-state index contributed by atoms with van der Waals surface area (Å²) in [6.45, 7) is 9.46. The molecule has 118 valence electrons. The van der Waals surface area contributed by atoms with E-state index in [0.717, 1.165) is 30.6 Å². The summed E-state index contributed by atoms with van der Waals surface area (Å²) >= 11 is 0. The fourth-order valence-electron chi connectivity index (χ4n) is 3.79. The van der Waals surface area contributed by atoms with Gasteiger partial charge in [0.2, 0.25) is 0 Å². The Morgan fingerprint density at radius 3 is 2.30 bits per heavy atom. The van der Waals surface area contributed by atoms with Gasteiger partial charge < -0.3 is 5.32 Å². The average Bonchev–Trinajstić information content (AvgIpc) is 3.20. The lowest BCUT2D eigenvalue weighted by molar-refractivity contribution is 0.119. The molecule has 2 aliphatic carbocycles. The Labute approximate surface area is 126 Å². The molecule has 0 spiro atoms. The van der Waals surface area contributed by atoms with Gasteiger partial charge in [0.15, 0.2) is 0 Å². The molecule has 2 unspecified atom stereocenters. The zero-order chi connectivity index (χ0) is 14.4. The van der Waals surface area contributed by atoms with E-state index >= 15 is 0 Å². The van der Waals surface area contributed by atoms with Crippen LogP contribution in [0.15, 0.2) is 0 Å². The highest BCUT2D eigenvalue weighted by Gasteiger charge is 2.36. The van der Waals surface area contributed by atoms with Gasteiger partial charge in [-0.15, -0.1) is 0 Å². The second kappa shape index (κ2) is 8.38. The highest BCUT2D eigenvalue weighted by Crippen LogP contribution is 2.33. The summed E-state index contributed by atoms with van der Waals surface area (Å²) in [5.74, 6) is 0.836. The largest absolute Gasteiger partial charge is 0.313 e. The lowest BCUT2D eigenvalue weighted by Crippen LogP contribution is -2.51. The quantitative estimate of drug-likeness (QED) is 0.752. The minimum absolute atomic E-state index is 0.744. The van der Waals surface area contributed by atoms with Crippen molar-refractivity contribution in [2.45, 2.75) is 96.7 Å². The van der Waals surface area contributed by atoms with Crippen LogP contribution in [0.25, 0.3) is 0 Å². The number of nitrogens with one attached hydrogen (secondary N) is 1. The van der Waals surface area contributed by atoms with Crippen LogP contribution < -0.4 is 5.32 Å². The number of nitrogens with zero attached hydrogens (tertiary/aromatic N) is 1. The molecule has 0 aromatic rings. The van der Waals surface area contributed by atoms with E-state index in [1.165, 1.54) is 64.3 Å². The molecule has 0 bridgehead atoms. The van der Waals surface area contributed by atoms with E-state index in [1.54, 1.807) is 0 Å². The topological polar surface area (TPSA) is 15.3 Å². The van der Waals surface area contributed by atoms with E-state index in [0.29, 0.717) is 0 Å². The SMILES string of the molecule is CCNC1CCCCCCC1N(CCC(C)C)C1CC1. The van der Waals surface area contributed by atoms with Crippen molar-refractivity contribution in [3.63, 3.8) is 0 Å². The Kier molecular flexibility index (Phi) is 6.83. The number of rotatable bonds is 7. The van der Waals surface area contributed by atoms with Crippen molar-refractivity contribution in [1.29, 1.82) is 0 Å². The maximum Gasteiger partial charge on any atom is 0.0252 e. The van der Waals surface area contributed by atoms with E-state index < -0.39 is 0 Å². The highest BCUT2D eigenvalue weighted by atomic mass is 15.2. The first-order valence-electron chi connectivity index (χ1n) is 9.21. The molecular weight excluding hydrogens is 244 g/mol. The Balaban J connectivity index is 1.99. The fourth-order valence-corrected chi connectivity index (χ4v) is 3.79. The summed E-state index contributed by atoms with van der Waals surface area (Å²) < 4.78 is 0. The molecule has 2 aliphatic rings. The third kappa shape index (κ3) is 5.04. The lowest BCUT2D eigenvalue weighted by atomic mass is 9.90. The Morgan fingerprint density at radius 2 is 1.70 bits per heavy atom. The van der Waals surface area contributed by atoms with E-state index in [4.69, 9.17) is 0 Å². The van der Waals surface area contributed by atoms with Gasteiger partial charge in [-0.2, -0.15) is 0 Å². The number of hydrogen-bond donors (Lipinski definition) is 1. The molecule has 1 N–H and O–H groups in total. The molecule has 2 atom stereocenters. The van der Waals surface area contributed by atoms with Crippen LogP contribution in [0.5, 0.6) is 0 Å². The third-order valence-electron chi connectivity index (χ3n) is 5.10. The molecule has 0 aliphatic heterocycles. The molecular formula is C18H36N2. The van der Waals surface area contributed by atoms with Crippen LogP contribution in [0.2, 0.25) is 0 Å². The van der Waals surface area contributed by atoms with E-state index in [9.17, 15) is 0 Å². The Hall–Kier alpha value is -0.0800. The normalized spacial score (nSPS) is 28.6. The molecule has 2 fully saturated rings. The summed E-state index contributed by atoms with van der Waals surface area (Å²) in [5.41, 5.74) is 0. The molecule has 2 rings (SSSR count). The van der Waals surface area contributed by atoms with Crippen molar-refractivity contribution >= 4 is 0 Å². The maximum atomic E-state index is 3.81. The fraction of sp³-hybridized carbons (Fsp3) is 1.00. The van der Waals surface area contributed by atoms with Crippen LogP contribution in [-0.2, 0) is 0 Å². The van der Waals surface area contributed by atoms with Crippen LogP contribution in [0.3, 0.4) is 0 Å². The monoisotopic (exact) mass is 280 g/mol. The molecule has 2 saturated carbocycles.